The molecule has 0 atom stereocenters. The fraction of sp³-hybridized carbons (Fsp3) is 1.00. The lowest BCUT2D eigenvalue weighted by molar-refractivity contribution is -0.134. The lowest BCUT2D eigenvalue weighted by atomic mass is 10.3. The van der Waals surface area contributed by atoms with Crippen LogP contribution in [0.5, 0.6) is 0 Å². The van der Waals surface area contributed by atoms with E-state index in [0.29, 0.717) is 6.61 Å². The normalized spacial score (nSPS) is 10.1. The lowest BCUT2D eigenvalue weighted by Crippen LogP contribution is -2.04. The molecule has 0 amide bonds. The highest BCUT2D eigenvalue weighted by molar-refractivity contribution is 4.44. The Morgan fingerprint density at radius 1 is 0.842 bits per heavy atom. The van der Waals surface area contributed by atoms with E-state index in [2.05, 4.69) is 20.8 Å². The van der Waals surface area contributed by atoms with Crippen LogP contribution in [-0.2, 0) is 4.74 Å². The van der Waals surface area contributed by atoms with Crippen molar-refractivity contribution in [2.45, 2.75) is 72.4 Å². The van der Waals surface area contributed by atoms with Gasteiger partial charge in [0.2, 0.25) is 0 Å². The molecule has 0 aromatic carbocycles. The summed E-state index contributed by atoms with van der Waals surface area (Å²) in [6.07, 6.45) is 0.469. The molecule has 0 aliphatic heterocycles. The molecule has 0 unspecified atom stereocenters. The van der Waals surface area contributed by atoms with E-state index < -0.39 is 12.6 Å². The zero-order valence-corrected chi connectivity index (χ0v) is 12.9. The van der Waals surface area contributed by atoms with Crippen molar-refractivity contribution in [3.05, 3.63) is 0 Å². The molecule has 0 bridgehead atoms. The SMILES string of the molecule is CCCC.CCCC(F)(F)F.CCCCOCCO. The maximum absolute atomic E-state index is 11.1. The Bertz CT molecular complexity index is 131. The number of hydrogen-bond acceptors (Lipinski definition) is 2. The fourth-order valence-electron chi connectivity index (χ4n) is 0.696. The minimum Gasteiger partial charge on any atom is -0.394 e. The quantitative estimate of drug-likeness (QED) is 0.672. The van der Waals surface area contributed by atoms with Crippen molar-refractivity contribution < 1.29 is 23.0 Å². The smallest absolute Gasteiger partial charge is 0.389 e. The van der Waals surface area contributed by atoms with Gasteiger partial charge in [0.25, 0.3) is 0 Å². The molecule has 0 radical (unpaired) electrons. The van der Waals surface area contributed by atoms with E-state index in [1.807, 2.05) is 0 Å². The Kier molecular flexibility index (Phi) is 25.1. The first-order valence-electron chi connectivity index (χ1n) is 7.14. The van der Waals surface area contributed by atoms with Crippen molar-refractivity contribution in [1.29, 1.82) is 0 Å². The molecule has 120 valence electrons. The Labute approximate surface area is 116 Å². The molecule has 0 aromatic heterocycles. The highest BCUT2D eigenvalue weighted by Gasteiger charge is 2.24. The summed E-state index contributed by atoms with van der Waals surface area (Å²) in [6, 6.07) is 0. The van der Waals surface area contributed by atoms with Gasteiger partial charge in [-0.1, -0.05) is 47.0 Å². The predicted molar refractivity (Wildman–Crippen MR) is 74.4 cm³/mol. The molecule has 0 saturated heterocycles. The van der Waals surface area contributed by atoms with E-state index in [1.54, 1.807) is 0 Å². The molecule has 0 fully saturated rings. The van der Waals surface area contributed by atoms with Crippen molar-refractivity contribution in [3.63, 3.8) is 0 Å². The van der Waals surface area contributed by atoms with Crippen LogP contribution in [0.4, 0.5) is 13.2 Å². The summed E-state index contributed by atoms with van der Waals surface area (Å²) in [6.45, 7) is 9.40. The van der Waals surface area contributed by atoms with Gasteiger partial charge < -0.3 is 9.84 Å². The van der Waals surface area contributed by atoms with Crippen LogP contribution in [0.2, 0.25) is 0 Å². The summed E-state index contributed by atoms with van der Waals surface area (Å²) in [5, 5.41) is 8.24. The molecule has 0 rings (SSSR count). The molecule has 0 aliphatic carbocycles. The molecule has 19 heavy (non-hydrogen) atoms. The van der Waals surface area contributed by atoms with E-state index in [1.165, 1.54) is 19.8 Å². The minimum atomic E-state index is -3.95. The zero-order chi connectivity index (χ0) is 15.6. The van der Waals surface area contributed by atoms with Crippen LogP contribution in [0.3, 0.4) is 0 Å². The molecule has 2 nitrogen and oxygen atoms in total. The Morgan fingerprint density at radius 2 is 1.37 bits per heavy atom. The van der Waals surface area contributed by atoms with Crippen molar-refractivity contribution >= 4 is 0 Å². The van der Waals surface area contributed by atoms with Crippen LogP contribution in [0.15, 0.2) is 0 Å². The molecule has 0 heterocycles. The summed E-state index contributed by atoms with van der Waals surface area (Å²) < 4.78 is 38.1. The number of aliphatic hydroxyl groups excluding tert-OH is 1. The third kappa shape index (κ3) is 46.4. The van der Waals surface area contributed by atoms with Gasteiger partial charge >= 0.3 is 6.18 Å². The Hall–Kier alpha value is -0.290. The second-order valence-corrected chi connectivity index (χ2v) is 4.05. The third-order valence-electron chi connectivity index (χ3n) is 1.91. The molecule has 0 aliphatic rings. The van der Waals surface area contributed by atoms with Crippen molar-refractivity contribution in [2.75, 3.05) is 19.8 Å². The van der Waals surface area contributed by atoms with Gasteiger partial charge in [-0.25, -0.2) is 0 Å². The van der Waals surface area contributed by atoms with Gasteiger partial charge in [0.15, 0.2) is 0 Å². The number of hydrogen-bond donors (Lipinski definition) is 1. The maximum atomic E-state index is 11.1. The zero-order valence-electron chi connectivity index (χ0n) is 12.9. The van der Waals surface area contributed by atoms with Gasteiger partial charge in [-0.3, -0.25) is 0 Å². The summed E-state index contributed by atoms with van der Waals surface area (Å²) in [5.41, 5.74) is 0. The third-order valence-corrected chi connectivity index (χ3v) is 1.91. The van der Waals surface area contributed by atoms with Gasteiger partial charge in [-0.2, -0.15) is 13.2 Å². The topological polar surface area (TPSA) is 29.5 Å². The van der Waals surface area contributed by atoms with Crippen LogP contribution in [-0.4, -0.2) is 31.1 Å². The first-order chi connectivity index (χ1) is 8.89. The second kappa shape index (κ2) is 20.0. The minimum absolute atomic E-state index is 0.143. The number of unbranched alkanes of at least 4 members (excludes halogenated alkanes) is 2. The monoisotopic (exact) mass is 288 g/mol. The van der Waals surface area contributed by atoms with Crippen LogP contribution < -0.4 is 0 Å². The van der Waals surface area contributed by atoms with Crippen LogP contribution in [0, 0.1) is 0 Å². The van der Waals surface area contributed by atoms with Gasteiger partial charge in [-0.05, 0) is 12.8 Å². The van der Waals surface area contributed by atoms with E-state index in [0.717, 1.165) is 19.4 Å². The number of halogens is 3. The van der Waals surface area contributed by atoms with Crippen molar-refractivity contribution in [3.8, 4) is 0 Å². The molecule has 5 heteroatoms. The van der Waals surface area contributed by atoms with Crippen LogP contribution in [0.1, 0.15) is 66.2 Å². The number of ether oxygens (including phenoxy) is 1. The molecule has 0 saturated carbocycles. The second-order valence-electron chi connectivity index (χ2n) is 4.05. The first kappa shape index (κ1) is 23.8. The van der Waals surface area contributed by atoms with Gasteiger partial charge in [0.1, 0.15) is 0 Å². The van der Waals surface area contributed by atoms with E-state index >= 15 is 0 Å². The predicted octanol–water partition coefficient (Wildman–Crippen LogP) is 4.95. The standard InChI is InChI=1S/C6H14O2.C4H7F3.C4H10/c1-2-3-5-8-6-4-7;1-2-3-4(5,6)7;1-3-4-2/h7H,2-6H2,1H3;2-3H2,1H3;3-4H2,1-2H3. The van der Waals surface area contributed by atoms with E-state index in [-0.39, 0.29) is 13.0 Å². The van der Waals surface area contributed by atoms with Crippen molar-refractivity contribution in [1.82, 2.24) is 0 Å². The van der Waals surface area contributed by atoms with Crippen molar-refractivity contribution in [2.24, 2.45) is 0 Å². The summed E-state index contributed by atoms with van der Waals surface area (Å²) in [7, 11) is 0. The van der Waals surface area contributed by atoms with E-state index in [4.69, 9.17) is 9.84 Å². The molecular weight excluding hydrogens is 257 g/mol. The lowest BCUT2D eigenvalue weighted by Gasteiger charge is -2.00. The highest BCUT2D eigenvalue weighted by Crippen LogP contribution is 2.20. The number of alkyl halides is 3. The van der Waals surface area contributed by atoms with Crippen LogP contribution in [0.25, 0.3) is 0 Å². The Morgan fingerprint density at radius 3 is 1.58 bits per heavy atom. The van der Waals surface area contributed by atoms with Crippen LogP contribution >= 0.6 is 0 Å². The summed E-state index contributed by atoms with van der Waals surface area (Å²) in [4.78, 5) is 0. The largest absolute Gasteiger partial charge is 0.394 e. The van der Waals surface area contributed by atoms with Gasteiger partial charge in [-0.15, -0.1) is 0 Å². The average Bonchev–Trinajstić information content (AvgIpc) is 2.34. The first-order valence-corrected chi connectivity index (χ1v) is 7.14. The average molecular weight is 288 g/mol. The Balaban J connectivity index is -0.000000214. The molecular formula is C14H31F3O2. The molecule has 0 spiro atoms. The summed E-state index contributed by atoms with van der Waals surface area (Å²) >= 11 is 0. The maximum Gasteiger partial charge on any atom is 0.389 e. The number of aliphatic hydroxyl groups is 1. The number of rotatable bonds is 7. The van der Waals surface area contributed by atoms with Gasteiger partial charge in [0.05, 0.1) is 13.2 Å². The van der Waals surface area contributed by atoms with E-state index in [9.17, 15) is 13.2 Å². The molecule has 1 N–H and O–H groups in total. The van der Waals surface area contributed by atoms with Gasteiger partial charge in [0, 0.05) is 13.0 Å². The molecule has 0 aromatic rings. The summed E-state index contributed by atoms with van der Waals surface area (Å²) in [5.74, 6) is 0. The highest BCUT2D eigenvalue weighted by atomic mass is 19.4. The fourth-order valence-corrected chi connectivity index (χ4v) is 0.696.